The zero-order valence-electron chi connectivity index (χ0n) is 11.8. The van der Waals surface area contributed by atoms with Crippen molar-refractivity contribution in [2.24, 2.45) is 0 Å². The van der Waals surface area contributed by atoms with Crippen LogP contribution in [0.4, 0.5) is 5.82 Å². The molecular formula is C16H16N4O. The van der Waals surface area contributed by atoms with Gasteiger partial charge in [-0.25, -0.2) is 9.97 Å². The Morgan fingerprint density at radius 3 is 2.71 bits per heavy atom. The van der Waals surface area contributed by atoms with E-state index in [0.717, 1.165) is 29.3 Å². The standard InChI is InChI=1S/C16H16N4O/c1-2-13-10-15(18-11-14-4-3-9-21-14)20-16(19-13)12-5-7-17-8-6-12/h3-10H,2,11H2,1H3,(H,18,19,20). The largest absolute Gasteiger partial charge is 0.467 e. The number of hydrogen-bond donors (Lipinski definition) is 1. The number of rotatable bonds is 5. The van der Waals surface area contributed by atoms with E-state index in [1.807, 2.05) is 30.3 Å². The Labute approximate surface area is 123 Å². The molecule has 0 fully saturated rings. The number of nitrogens with zero attached hydrogens (tertiary/aromatic N) is 3. The summed E-state index contributed by atoms with van der Waals surface area (Å²) in [4.78, 5) is 13.1. The zero-order valence-corrected chi connectivity index (χ0v) is 11.8. The van der Waals surface area contributed by atoms with Crippen LogP contribution in [-0.4, -0.2) is 15.0 Å². The quantitative estimate of drug-likeness (QED) is 0.776. The van der Waals surface area contributed by atoms with Crippen LogP contribution in [0, 0.1) is 0 Å². The summed E-state index contributed by atoms with van der Waals surface area (Å²) < 4.78 is 5.31. The third-order valence-corrected chi connectivity index (χ3v) is 3.10. The number of aromatic nitrogens is 3. The van der Waals surface area contributed by atoms with Crippen molar-refractivity contribution in [3.8, 4) is 11.4 Å². The minimum absolute atomic E-state index is 0.600. The molecule has 3 heterocycles. The lowest BCUT2D eigenvalue weighted by molar-refractivity contribution is 0.518. The molecule has 5 heteroatoms. The van der Waals surface area contributed by atoms with E-state index in [9.17, 15) is 0 Å². The van der Waals surface area contributed by atoms with E-state index in [1.54, 1.807) is 18.7 Å². The number of nitrogens with one attached hydrogen (secondary N) is 1. The van der Waals surface area contributed by atoms with Crippen LogP contribution in [0.25, 0.3) is 11.4 Å². The minimum Gasteiger partial charge on any atom is -0.467 e. The number of hydrogen-bond acceptors (Lipinski definition) is 5. The molecule has 3 aromatic heterocycles. The Hall–Kier alpha value is -2.69. The third-order valence-electron chi connectivity index (χ3n) is 3.10. The predicted octanol–water partition coefficient (Wildman–Crippen LogP) is 3.31. The maximum Gasteiger partial charge on any atom is 0.161 e. The van der Waals surface area contributed by atoms with E-state index in [2.05, 4.69) is 27.2 Å². The lowest BCUT2D eigenvalue weighted by Crippen LogP contribution is -2.04. The van der Waals surface area contributed by atoms with E-state index in [-0.39, 0.29) is 0 Å². The van der Waals surface area contributed by atoms with Crippen LogP contribution in [0.5, 0.6) is 0 Å². The van der Waals surface area contributed by atoms with Crippen LogP contribution in [0.1, 0.15) is 18.4 Å². The fourth-order valence-corrected chi connectivity index (χ4v) is 1.99. The smallest absolute Gasteiger partial charge is 0.161 e. The van der Waals surface area contributed by atoms with Crippen LogP contribution >= 0.6 is 0 Å². The van der Waals surface area contributed by atoms with Gasteiger partial charge >= 0.3 is 0 Å². The molecular weight excluding hydrogens is 264 g/mol. The lowest BCUT2D eigenvalue weighted by atomic mass is 10.2. The van der Waals surface area contributed by atoms with Gasteiger partial charge in [0.2, 0.25) is 0 Å². The molecule has 0 aliphatic rings. The highest BCUT2D eigenvalue weighted by Crippen LogP contribution is 2.18. The Morgan fingerprint density at radius 1 is 1.14 bits per heavy atom. The molecule has 0 aliphatic carbocycles. The first kappa shape index (κ1) is 13.3. The summed E-state index contributed by atoms with van der Waals surface area (Å²) in [6.45, 7) is 2.68. The van der Waals surface area contributed by atoms with Gasteiger partial charge in [0, 0.05) is 29.7 Å². The average molecular weight is 280 g/mol. The molecule has 106 valence electrons. The number of furan rings is 1. The molecule has 0 radical (unpaired) electrons. The fourth-order valence-electron chi connectivity index (χ4n) is 1.99. The topological polar surface area (TPSA) is 63.8 Å². The van der Waals surface area contributed by atoms with Gasteiger partial charge in [0.05, 0.1) is 12.8 Å². The highest BCUT2D eigenvalue weighted by atomic mass is 16.3. The second-order valence-corrected chi connectivity index (χ2v) is 4.59. The van der Waals surface area contributed by atoms with Crippen molar-refractivity contribution >= 4 is 5.82 Å². The van der Waals surface area contributed by atoms with Crippen LogP contribution in [0.3, 0.4) is 0 Å². The second-order valence-electron chi connectivity index (χ2n) is 4.59. The molecule has 0 saturated heterocycles. The van der Waals surface area contributed by atoms with Crippen molar-refractivity contribution in [2.75, 3.05) is 5.32 Å². The van der Waals surface area contributed by atoms with Gasteiger partial charge in [0.1, 0.15) is 11.6 Å². The molecule has 0 amide bonds. The number of pyridine rings is 1. The molecule has 21 heavy (non-hydrogen) atoms. The van der Waals surface area contributed by atoms with Crippen molar-refractivity contribution in [1.82, 2.24) is 15.0 Å². The molecule has 5 nitrogen and oxygen atoms in total. The minimum atomic E-state index is 0.600. The van der Waals surface area contributed by atoms with Crippen LogP contribution < -0.4 is 5.32 Å². The molecule has 0 aliphatic heterocycles. The summed E-state index contributed by atoms with van der Waals surface area (Å²) >= 11 is 0. The van der Waals surface area contributed by atoms with Crippen LogP contribution in [0.2, 0.25) is 0 Å². The molecule has 0 atom stereocenters. The monoisotopic (exact) mass is 280 g/mol. The summed E-state index contributed by atoms with van der Waals surface area (Å²) in [5, 5.41) is 3.27. The van der Waals surface area contributed by atoms with Gasteiger partial charge in [-0.2, -0.15) is 0 Å². The molecule has 0 unspecified atom stereocenters. The van der Waals surface area contributed by atoms with Crippen molar-refractivity contribution in [1.29, 1.82) is 0 Å². The van der Waals surface area contributed by atoms with Crippen molar-refractivity contribution in [3.63, 3.8) is 0 Å². The van der Waals surface area contributed by atoms with Gasteiger partial charge in [0.25, 0.3) is 0 Å². The molecule has 0 bridgehead atoms. The second kappa shape index (κ2) is 6.17. The van der Waals surface area contributed by atoms with Gasteiger partial charge in [-0.15, -0.1) is 0 Å². The number of anilines is 1. The predicted molar refractivity (Wildman–Crippen MR) is 80.7 cm³/mol. The van der Waals surface area contributed by atoms with Gasteiger partial charge in [-0.3, -0.25) is 4.98 Å². The van der Waals surface area contributed by atoms with E-state index >= 15 is 0 Å². The number of aryl methyl sites for hydroxylation is 1. The van der Waals surface area contributed by atoms with Gasteiger partial charge in [-0.1, -0.05) is 6.92 Å². The Kier molecular flexibility index (Phi) is 3.91. The van der Waals surface area contributed by atoms with Crippen molar-refractivity contribution in [2.45, 2.75) is 19.9 Å². The summed E-state index contributed by atoms with van der Waals surface area (Å²) in [7, 11) is 0. The van der Waals surface area contributed by atoms with Gasteiger partial charge < -0.3 is 9.73 Å². The Bertz CT molecular complexity index is 696. The van der Waals surface area contributed by atoms with Crippen LogP contribution in [0.15, 0.2) is 53.4 Å². The van der Waals surface area contributed by atoms with E-state index in [4.69, 9.17) is 4.42 Å². The summed E-state index contributed by atoms with van der Waals surface area (Å²) in [6.07, 6.45) is 6.01. The maximum atomic E-state index is 5.31. The zero-order chi connectivity index (χ0) is 14.5. The van der Waals surface area contributed by atoms with E-state index < -0.39 is 0 Å². The van der Waals surface area contributed by atoms with E-state index in [0.29, 0.717) is 12.4 Å². The average Bonchev–Trinajstić information content (AvgIpc) is 3.07. The van der Waals surface area contributed by atoms with Crippen molar-refractivity contribution < 1.29 is 4.42 Å². The molecule has 0 spiro atoms. The fraction of sp³-hybridized carbons (Fsp3) is 0.188. The van der Waals surface area contributed by atoms with Gasteiger partial charge in [-0.05, 0) is 30.7 Å². The van der Waals surface area contributed by atoms with Gasteiger partial charge in [0.15, 0.2) is 5.82 Å². The highest BCUT2D eigenvalue weighted by molar-refractivity contribution is 5.56. The molecule has 3 rings (SSSR count). The summed E-state index contributed by atoms with van der Waals surface area (Å²) in [5.41, 5.74) is 1.96. The highest BCUT2D eigenvalue weighted by Gasteiger charge is 2.06. The summed E-state index contributed by atoms with van der Waals surface area (Å²) in [6, 6.07) is 9.58. The Morgan fingerprint density at radius 2 is 2.00 bits per heavy atom. The van der Waals surface area contributed by atoms with Crippen molar-refractivity contribution in [3.05, 3.63) is 60.4 Å². The van der Waals surface area contributed by atoms with Crippen LogP contribution in [-0.2, 0) is 13.0 Å². The maximum absolute atomic E-state index is 5.31. The normalized spacial score (nSPS) is 10.5. The van der Waals surface area contributed by atoms with E-state index in [1.165, 1.54) is 0 Å². The lowest BCUT2D eigenvalue weighted by Gasteiger charge is -2.08. The first-order valence-corrected chi connectivity index (χ1v) is 6.90. The molecule has 1 N–H and O–H groups in total. The molecule has 0 saturated carbocycles. The first-order chi connectivity index (χ1) is 10.3. The first-order valence-electron chi connectivity index (χ1n) is 6.90. The molecule has 0 aromatic carbocycles. The third kappa shape index (κ3) is 3.25. The molecule has 3 aromatic rings. The summed E-state index contributed by atoms with van der Waals surface area (Å²) in [5.74, 6) is 2.38. The SMILES string of the molecule is CCc1cc(NCc2ccco2)nc(-c2ccncc2)n1. The Balaban J connectivity index is 1.86.